The number of nitro benzene ring substituents is 1. The molecule has 0 radical (unpaired) electrons. The highest BCUT2D eigenvalue weighted by atomic mass is 16.6. The Morgan fingerprint density at radius 2 is 2.30 bits per heavy atom. The second-order valence-electron chi connectivity index (χ2n) is 4.38. The van der Waals surface area contributed by atoms with Crippen molar-refractivity contribution in [1.29, 1.82) is 0 Å². The van der Waals surface area contributed by atoms with Gasteiger partial charge in [-0.3, -0.25) is 15.5 Å². The van der Waals surface area contributed by atoms with Crippen molar-refractivity contribution in [3.63, 3.8) is 0 Å². The van der Waals surface area contributed by atoms with Crippen LogP contribution in [0, 0.1) is 10.1 Å². The number of nitrogens with one attached hydrogen (secondary N) is 1. The molecule has 10 heteroatoms. The zero-order valence-corrected chi connectivity index (χ0v) is 10.6. The highest BCUT2D eigenvalue weighted by Gasteiger charge is 2.53. The Labute approximate surface area is 113 Å². The number of hydrazine groups is 2. The molecular weight excluding hydrogens is 266 g/mol. The molecule has 10 nitrogen and oxygen atoms in total. The Morgan fingerprint density at radius 3 is 2.80 bits per heavy atom. The van der Waals surface area contributed by atoms with Gasteiger partial charge in [-0.1, -0.05) is 0 Å². The molecule has 1 aromatic carbocycles. The summed E-state index contributed by atoms with van der Waals surface area (Å²) in [6, 6.07) is 4.31. The van der Waals surface area contributed by atoms with Crippen molar-refractivity contribution in [1.82, 2.24) is 10.2 Å². The van der Waals surface area contributed by atoms with Crippen molar-refractivity contribution >= 4 is 17.2 Å². The fourth-order valence-corrected chi connectivity index (χ4v) is 2.22. The van der Waals surface area contributed by atoms with Crippen LogP contribution in [0.4, 0.5) is 11.4 Å². The first-order chi connectivity index (χ1) is 9.52. The van der Waals surface area contributed by atoms with Crippen molar-refractivity contribution < 1.29 is 9.66 Å². The lowest BCUT2D eigenvalue weighted by molar-refractivity contribution is -0.385. The van der Waals surface area contributed by atoms with Gasteiger partial charge in [-0.2, -0.15) is 5.12 Å². The van der Waals surface area contributed by atoms with Gasteiger partial charge in [0, 0.05) is 6.07 Å². The summed E-state index contributed by atoms with van der Waals surface area (Å²) in [5.41, 5.74) is 14.9. The maximum atomic E-state index is 11.0. The standard InChI is InChI=1S/C10H13N7O3/c1-20-7-3-2-5(4-6(7)17(18)19)13-15-8-9(11)14-16(15)10(8)12/h2-4,8,10,13H,12H2,1H3,(H2,11,14). The smallest absolute Gasteiger partial charge is 0.313 e. The Balaban J connectivity index is 1.80. The van der Waals surface area contributed by atoms with Crippen molar-refractivity contribution in [2.75, 3.05) is 12.5 Å². The molecule has 1 aromatic rings. The third-order valence-corrected chi connectivity index (χ3v) is 3.21. The van der Waals surface area contributed by atoms with E-state index in [1.165, 1.54) is 24.4 Å². The number of methoxy groups -OCH3 is 1. The predicted octanol–water partition coefficient (Wildman–Crippen LogP) is -0.598. The molecule has 3 aliphatic heterocycles. The highest BCUT2D eigenvalue weighted by molar-refractivity contribution is 5.89. The van der Waals surface area contributed by atoms with Gasteiger partial charge >= 0.3 is 5.69 Å². The molecule has 3 aliphatic rings. The van der Waals surface area contributed by atoms with E-state index in [1.54, 1.807) is 11.2 Å². The number of ether oxygens (including phenoxy) is 1. The fraction of sp³-hybridized carbons (Fsp3) is 0.300. The SMILES string of the molecule is COc1ccc(NN2C3C(N)=NN2C3N)cc1[N+](=O)[O-]. The van der Waals surface area contributed by atoms with E-state index in [1.807, 2.05) is 0 Å². The van der Waals surface area contributed by atoms with Crippen LogP contribution in [0.1, 0.15) is 0 Å². The second kappa shape index (κ2) is 4.21. The number of hydrazone groups is 1. The van der Waals surface area contributed by atoms with Crippen molar-refractivity contribution in [2.24, 2.45) is 16.6 Å². The van der Waals surface area contributed by atoms with Gasteiger partial charge in [-0.25, -0.2) is 0 Å². The summed E-state index contributed by atoms with van der Waals surface area (Å²) >= 11 is 0. The van der Waals surface area contributed by atoms with Crippen LogP contribution >= 0.6 is 0 Å². The minimum absolute atomic E-state index is 0.126. The summed E-state index contributed by atoms with van der Waals surface area (Å²) in [7, 11) is 1.38. The molecule has 106 valence electrons. The number of nitro groups is 1. The van der Waals surface area contributed by atoms with E-state index in [-0.39, 0.29) is 23.6 Å². The normalized spacial score (nSPS) is 24.1. The van der Waals surface area contributed by atoms with E-state index in [2.05, 4.69) is 10.5 Å². The maximum Gasteiger partial charge on any atom is 0.313 e. The molecule has 5 N–H and O–H groups in total. The molecule has 3 heterocycles. The van der Waals surface area contributed by atoms with Crippen LogP contribution in [-0.4, -0.2) is 40.3 Å². The maximum absolute atomic E-state index is 11.0. The van der Waals surface area contributed by atoms with Crippen LogP contribution in [0.25, 0.3) is 0 Å². The number of amidine groups is 1. The third kappa shape index (κ3) is 1.62. The molecule has 1 fully saturated rings. The molecule has 20 heavy (non-hydrogen) atoms. The highest BCUT2D eigenvalue weighted by Crippen LogP contribution is 2.34. The van der Waals surface area contributed by atoms with Crippen LogP contribution in [0.3, 0.4) is 0 Å². The van der Waals surface area contributed by atoms with E-state index >= 15 is 0 Å². The average Bonchev–Trinajstić information content (AvgIpc) is 2.91. The topological polar surface area (TPSA) is 135 Å². The second-order valence-corrected chi connectivity index (χ2v) is 4.38. The molecule has 2 bridgehead atoms. The number of nitrogens with two attached hydrogens (primary N) is 2. The molecule has 4 rings (SSSR count). The number of benzene rings is 1. The van der Waals surface area contributed by atoms with Gasteiger partial charge in [0.05, 0.1) is 17.7 Å². The van der Waals surface area contributed by atoms with Crippen LogP contribution in [-0.2, 0) is 0 Å². The monoisotopic (exact) mass is 279 g/mol. The molecule has 0 amide bonds. The summed E-state index contributed by atoms with van der Waals surface area (Å²) in [5, 5.41) is 18.1. The van der Waals surface area contributed by atoms with E-state index in [9.17, 15) is 10.1 Å². The molecule has 2 atom stereocenters. The predicted molar refractivity (Wildman–Crippen MR) is 70.3 cm³/mol. The Morgan fingerprint density at radius 1 is 1.55 bits per heavy atom. The van der Waals surface area contributed by atoms with Crippen molar-refractivity contribution in [3.8, 4) is 5.75 Å². The quantitative estimate of drug-likeness (QED) is 0.491. The minimum atomic E-state index is -0.508. The molecular formula is C10H13N7O3. The zero-order chi connectivity index (χ0) is 14.4. The first-order valence-corrected chi connectivity index (χ1v) is 5.80. The molecule has 0 aromatic heterocycles. The van der Waals surface area contributed by atoms with E-state index in [4.69, 9.17) is 16.2 Å². The summed E-state index contributed by atoms with van der Waals surface area (Å²) in [4.78, 5) is 10.5. The van der Waals surface area contributed by atoms with Gasteiger partial charge in [0.2, 0.25) is 0 Å². The van der Waals surface area contributed by atoms with Crippen LogP contribution in [0.2, 0.25) is 0 Å². The summed E-state index contributed by atoms with van der Waals surface area (Å²) in [6.45, 7) is 0. The van der Waals surface area contributed by atoms with Crippen molar-refractivity contribution in [3.05, 3.63) is 28.3 Å². The Kier molecular flexibility index (Phi) is 2.62. The van der Waals surface area contributed by atoms with Gasteiger partial charge < -0.3 is 16.2 Å². The lowest BCUT2D eigenvalue weighted by atomic mass is 10.2. The number of hydrogen-bond acceptors (Lipinski definition) is 9. The Bertz CT molecular complexity index is 605. The van der Waals surface area contributed by atoms with Crippen LogP contribution in [0.5, 0.6) is 5.75 Å². The Hall–Kier alpha value is -2.59. The lowest BCUT2D eigenvalue weighted by Crippen LogP contribution is -2.72. The van der Waals surface area contributed by atoms with Crippen LogP contribution < -0.4 is 21.6 Å². The lowest BCUT2D eigenvalue weighted by Gasteiger charge is -2.46. The van der Waals surface area contributed by atoms with Crippen LogP contribution in [0.15, 0.2) is 23.3 Å². The number of nitrogens with zero attached hydrogens (tertiary/aromatic N) is 4. The molecule has 0 spiro atoms. The first kappa shape index (κ1) is 12.4. The molecule has 2 unspecified atom stereocenters. The number of rotatable bonds is 4. The zero-order valence-electron chi connectivity index (χ0n) is 10.6. The van der Waals surface area contributed by atoms with Gasteiger partial charge in [0.25, 0.3) is 0 Å². The van der Waals surface area contributed by atoms with Gasteiger partial charge in [0.15, 0.2) is 5.75 Å². The summed E-state index contributed by atoms with van der Waals surface area (Å²) in [5.74, 6) is 0.605. The van der Waals surface area contributed by atoms with Gasteiger partial charge in [-0.15, -0.1) is 10.2 Å². The largest absolute Gasteiger partial charge is 0.490 e. The third-order valence-electron chi connectivity index (χ3n) is 3.21. The molecule has 0 aliphatic carbocycles. The summed E-state index contributed by atoms with van der Waals surface area (Å²) < 4.78 is 4.94. The summed E-state index contributed by atoms with van der Waals surface area (Å²) in [6.07, 6.45) is -0.296. The van der Waals surface area contributed by atoms with Crippen molar-refractivity contribution in [2.45, 2.75) is 12.2 Å². The average molecular weight is 279 g/mol. The van der Waals surface area contributed by atoms with Gasteiger partial charge in [-0.05, 0) is 12.1 Å². The minimum Gasteiger partial charge on any atom is -0.490 e. The fourth-order valence-electron chi connectivity index (χ4n) is 2.22. The molecule has 0 saturated carbocycles. The first-order valence-electron chi connectivity index (χ1n) is 5.80. The van der Waals surface area contributed by atoms with E-state index < -0.39 is 4.92 Å². The number of hydrogen-bond donors (Lipinski definition) is 3. The van der Waals surface area contributed by atoms with E-state index in [0.29, 0.717) is 11.5 Å². The van der Waals surface area contributed by atoms with Gasteiger partial charge in [0.1, 0.15) is 18.0 Å². The van der Waals surface area contributed by atoms with E-state index in [0.717, 1.165) is 0 Å². The number of anilines is 1. The molecule has 1 saturated heterocycles.